The van der Waals surface area contributed by atoms with Crippen LogP contribution in [0.3, 0.4) is 0 Å². The molecule has 0 aliphatic heterocycles. The van der Waals surface area contributed by atoms with Gasteiger partial charge in [-0.2, -0.15) is 0 Å². The van der Waals surface area contributed by atoms with E-state index in [9.17, 15) is 10.0 Å². The van der Waals surface area contributed by atoms with E-state index in [0.717, 1.165) is 11.1 Å². The monoisotopic (exact) mass is 300 g/mol. The van der Waals surface area contributed by atoms with Crippen LogP contribution < -0.4 is 0 Å². The zero-order valence-electron chi connectivity index (χ0n) is 12.9. The maximum absolute atomic E-state index is 9.72. The Balaban J connectivity index is 2.15. The number of allylic oxidation sites excluding steroid dienone is 2. The van der Waals surface area contributed by atoms with Crippen LogP contribution in [0, 0.1) is 0 Å². The first-order chi connectivity index (χ1) is 11.1. The first-order valence-corrected chi connectivity index (χ1v) is 7.78. The van der Waals surface area contributed by atoms with Crippen molar-refractivity contribution in [2.24, 2.45) is 0 Å². The zero-order valence-corrected chi connectivity index (χ0v) is 12.9. The molecule has 1 aliphatic rings. The Morgan fingerprint density at radius 2 is 1.09 bits per heavy atom. The van der Waals surface area contributed by atoms with Gasteiger partial charge in [-0.1, -0.05) is 79.8 Å². The molecule has 0 radical (unpaired) electrons. The van der Waals surface area contributed by atoms with Crippen molar-refractivity contribution in [1.82, 2.24) is 0 Å². The van der Waals surface area contributed by atoms with Gasteiger partial charge in [0.05, 0.1) is 0 Å². The smallest absolute Gasteiger partial charge is 0.426 e. The van der Waals surface area contributed by atoms with E-state index in [-0.39, 0.29) is 0 Å². The minimum Gasteiger partial charge on any atom is -0.426 e. The highest BCUT2D eigenvalue weighted by Gasteiger charge is 2.33. The summed E-state index contributed by atoms with van der Waals surface area (Å²) in [4.78, 5) is 0. The highest BCUT2D eigenvalue weighted by atomic mass is 16.4. The third kappa shape index (κ3) is 2.13. The molecule has 23 heavy (non-hydrogen) atoms. The number of fused-ring (bicyclic) bond motifs is 6. The predicted molar refractivity (Wildman–Crippen MR) is 98.1 cm³/mol. The molecule has 0 amide bonds. The van der Waals surface area contributed by atoms with Gasteiger partial charge in [0.25, 0.3) is 0 Å². The lowest BCUT2D eigenvalue weighted by Gasteiger charge is -2.19. The van der Waals surface area contributed by atoms with Crippen LogP contribution in [0.15, 0.2) is 60.7 Å². The Morgan fingerprint density at radius 3 is 1.48 bits per heavy atom. The third-order valence-electron chi connectivity index (χ3n) is 4.79. The lowest BCUT2D eigenvalue weighted by atomic mass is 9.59. The van der Waals surface area contributed by atoms with Crippen molar-refractivity contribution in [3.8, 4) is 0 Å². The highest BCUT2D eigenvalue weighted by molar-refractivity contribution is 6.47. The van der Waals surface area contributed by atoms with E-state index in [2.05, 4.69) is 36.4 Å². The fourth-order valence-corrected chi connectivity index (χ4v) is 3.31. The average Bonchev–Trinajstić information content (AvgIpc) is 2.76. The normalized spacial score (nSPS) is 15.6. The molecule has 0 heterocycles. The van der Waals surface area contributed by atoms with E-state index in [0.29, 0.717) is 0 Å². The summed E-state index contributed by atoms with van der Waals surface area (Å²) in [7, 11) is -1.43. The topological polar surface area (TPSA) is 40.5 Å². The number of hydrogen-bond acceptors (Lipinski definition) is 2. The minimum atomic E-state index is -1.43. The van der Waals surface area contributed by atoms with Crippen LogP contribution in [0.5, 0.6) is 0 Å². The van der Waals surface area contributed by atoms with Crippen LogP contribution in [0.1, 0.15) is 18.1 Å². The molecule has 112 valence electrons. The van der Waals surface area contributed by atoms with Crippen molar-refractivity contribution in [3.63, 3.8) is 0 Å². The molecule has 0 aromatic heterocycles. The molecular formula is C20H17BO2. The lowest BCUT2D eigenvalue weighted by molar-refractivity contribution is 0.382. The molecule has 0 unspecified atom stereocenters. The molecule has 0 fully saturated rings. The first kappa shape index (κ1) is 14.3. The van der Waals surface area contributed by atoms with Gasteiger partial charge in [0, 0.05) is 5.31 Å². The van der Waals surface area contributed by atoms with E-state index >= 15 is 0 Å². The first-order valence-electron chi connectivity index (χ1n) is 7.78. The van der Waals surface area contributed by atoms with Crippen molar-refractivity contribution >= 4 is 40.8 Å². The second-order valence-electron chi connectivity index (χ2n) is 6.32. The van der Waals surface area contributed by atoms with Crippen molar-refractivity contribution in [1.29, 1.82) is 0 Å². The quantitative estimate of drug-likeness (QED) is 0.520. The van der Waals surface area contributed by atoms with E-state index in [1.54, 1.807) is 0 Å². The fourth-order valence-electron chi connectivity index (χ4n) is 3.31. The van der Waals surface area contributed by atoms with Gasteiger partial charge in [-0.05, 0) is 32.7 Å². The second kappa shape index (κ2) is 5.09. The average molecular weight is 300 g/mol. The Hall–Kier alpha value is -2.36. The van der Waals surface area contributed by atoms with Gasteiger partial charge in [0.1, 0.15) is 0 Å². The maximum atomic E-state index is 9.72. The van der Waals surface area contributed by atoms with Crippen molar-refractivity contribution in [2.45, 2.75) is 12.2 Å². The van der Waals surface area contributed by atoms with Gasteiger partial charge in [-0.25, -0.2) is 0 Å². The summed E-state index contributed by atoms with van der Waals surface area (Å²) in [5, 5.41) is 23.4. The second-order valence-corrected chi connectivity index (χ2v) is 6.32. The van der Waals surface area contributed by atoms with Crippen LogP contribution >= 0.6 is 0 Å². The van der Waals surface area contributed by atoms with Gasteiger partial charge in [0.15, 0.2) is 0 Å². The van der Waals surface area contributed by atoms with Gasteiger partial charge >= 0.3 is 7.12 Å². The molecule has 3 aromatic carbocycles. The van der Waals surface area contributed by atoms with E-state index in [1.807, 2.05) is 43.4 Å². The summed E-state index contributed by atoms with van der Waals surface area (Å²) in [6.07, 6.45) is 7.79. The molecule has 0 atom stereocenters. The molecule has 0 spiro atoms. The SMILES string of the molecule is CC1(B(O)O)C=Cc2c(c3ccccc3c3ccccc23)C=C1. The number of benzene rings is 3. The molecule has 1 aliphatic carbocycles. The van der Waals surface area contributed by atoms with Gasteiger partial charge in [-0.15, -0.1) is 0 Å². The summed E-state index contributed by atoms with van der Waals surface area (Å²) in [5.74, 6) is 0. The predicted octanol–water partition coefficient (Wildman–Crippen LogP) is 4.27. The molecule has 3 aromatic rings. The van der Waals surface area contributed by atoms with E-state index < -0.39 is 12.4 Å². The Bertz CT molecular complexity index is 897. The van der Waals surface area contributed by atoms with Gasteiger partial charge in [0.2, 0.25) is 0 Å². The largest absolute Gasteiger partial charge is 0.465 e. The molecule has 4 rings (SSSR count). The molecule has 2 N–H and O–H groups in total. The summed E-state index contributed by atoms with van der Waals surface area (Å²) in [6.45, 7) is 1.82. The Morgan fingerprint density at radius 1 is 0.696 bits per heavy atom. The summed E-state index contributed by atoms with van der Waals surface area (Å²) in [5.41, 5.74) is 2.25. The van der Waals surface area contributed by atoms with Crippen LogP contribution in [-0.2, 0) is 0 Å². The Labute approximate surface area is 135 Å². The van der Waals surface area contributed by atoms with Crippen molar-refractivity contribution < 1.29 is 10.0 Å². The highest BCUT2D eigenvalue weighted by Crippen LogP contribution is 2.41. The maximum Gasteiger partial charge on any atom is 0.465 e. The summed E-state index contributed by atoms with van der Waals surface area (Å²) >= 11 is 0. The molecule has 3 heteroatoms. The minimum absolute atomic E-state index is 0.790. The van der Waals surface area contributed by atoms with Crippen LogP contribution in [0.2, 0.25) is 5.31 Å². The van der Waals surface area contributed by atoms with Crippen LogP contribution in [-0.4, -0.2) is 17.2 Å². The summed E-state index contributed by atoms with van der Waals surface area (Å²) < 4.78 is 0. The van der Waals surface area contributed by atoms with Crippen molar-refractivity contribution in [2.75, 3.05) is 0 Å². The van der Waals surface area contributed by atoms with Crippen LogP contribution in [0.25, 0.3) is 33.7 Å². The number of rotatable bonds is 1. The molecule has 0 bridgehead atoms. The number of hydrogen-bond donors (Lipinski definition) is 2. The van der Waals surface area contributed by atoms with Crippen LogP contribution in [0.4, 0.5) is 0 Å². The summed E-state index contributed by atoms with van der Waals surface area (Å²) in [6, 6.07) is 16.7. The fraction of sp³-hybridized carbons (Fsp3) is 0.100. The standard InChI is InChI=1S/C20H17BO2/c1-20(21(22)23)12-10-18-16-8-4-2-6-14(16)15-7-3-5-9-17(15)19(18)11-13-20/h2-13,22-23H,1H3. The molecule has 2 nitrogen and oxygen atoms in total. The molecule has 0 saturated carbocycles. The Kier molecular flexibility index (Phi) is 3.15. The van der Waals surface area contributed by atoms with E-state index in [4.69, 9.17) is 0 Å². The molecule has 0 saturated heterocycles. The van der Waals surface area contributed by atoms with Crippen molar-refractivity contribution in [3.05, 3.63) is 71.8 Å². The lowest BCUT2D eigenvalue weighted by Crippen LogP contribution is -2.26. The third-order valence-corrected chi connectivity index (χ3v) is 4.79. The zero-order chi connectivity index (χ0) is 16.0. The van der Waals surface area contributed by atoms with E-state index in [1.165, 1.54) is 21.5 Å². The molecular weight excluding hydrogens is 283 g/mol. The van der Waals surface area contributed by atoms with Gasteiger partial charge in [-0.3, -0.25) is 0 Å². The van der Waals surface area contributed by atoms with Gasteiger partial charge < -0.3 is 10.0 Å².